The van der Waals surface area contributed by atoms with E-state index in [1.807, 2.05) is 42.4 Å². The first-order chi connectivity index (χ1) is 9.65. The van der Waals surface area contributed by atoms with E-state index < -0.39 is 0 Å². The van der Waals surface area contributed by atoms with Gasteiger partial charge in [0.1, 0.15) is 0 Å². The second-order valence-electron chi connectivity index (χ2n) is 5.17. The maximum atomic E-state index is 12.4. The van der Waals surface area contributed by atoms with Crippen molar-refractivity contribution in [3.63, 3.8) is 0 Å². The van der Waals surface area contributed by atoms with Crippen LogP contribution in [0.25, 0.3) is 6.08 Å². The summed E-state index contributed by atoms with van der Waals surface area (Å²) in [5.74, 6) is 0.0197. The van der Waals surface area contributed by atoms with Crippen molar-refractivity contribution in [3.05, 3.63) is 53.9 Å². The van der Waals surface area contributed by atoms with E-state index in [1.54, 1.807) is 17.0 Å². The normalized spacial score (nSPS) is 17.7. The molecule has 0 bridgehead atoms. The van der Waals surface area contributed by atoms with Gasteiger partial charge in [0.05, 0.1) is 6.20 Å². The Morgan fingerprint density at radius 3 is 2.95 bits per heavy atom. The van der Waals surface area contributed by atoms with Gasteiger partial charge in [-0.3, -0.25) is 9.48 Å². The molecule has 102 valence electrons. The minimum absolute atomic E-state index is 0.0197. The summed E-state index contributed by atoms with van der Waals surface area (Å²) in [5, 5.41) is 4.08. The van der Waals surface area contributed by atoms with Gasteiger partial charge in [-0.15, -0.1) is 0 Å². The number of carbonyl (C=O) groups excluding carboxylic acids is 1. The zero-order valence-corrected chi connectivity index (χ0v) is 11.7. The number of aromatic nitrogens is 2. The van der Waals surface area contributed by atoms with Crippen LogP contribution in [-0.4, -0.2) is 21.7 Å². The molecule has 2 aromatic rings. The van der Waals surface area contributed by atoms with Crippen molar-refractivity contribution >= 4 is 17.7 Å². The molecule has 0 fully saturated rings. The predicted octanol–water partition coefficient (Wildman–Crippen LogP) is 2.41. The summed E-state index contributed by atoms with van der Waals surface area (Å²) in [6, 6.07) is 8.30. The lowest BCUT2D eigenvalue weighted by Gasteiger charge is -2.20. The van der Waals surface area contributed by atoms with Crippen LogP contribution in [0.2, 0.25) is 0 Å². The Morgan fingerprint density at radius 2 is 2.20 bits per heavy atom. The van der Waals surface area contributed by atoms with Crippen molar-refractivity contribution in [2.24, 2.45) is 7.05 Å². The zero-order valence-electron chi connectivity index (χ0n) is 11.7. The van der Waals surface area contributed by atoms with Gasteiger partial charge in [-0.2, -0.15) is 5.10 Å². The monoisotopic (exact) mass is 267 g/mol. The second-order valence-corrected chi connectivity index (χ2v) is 5.17. The molecule has 1 aliphatic heterocycles. The number of carbonyl (C=O) groups is 1. The van der Waals surface area contributed by atoms with Crippen molar-refractivity contribution in [3.8, 4) is 0 Å². The number of aryl methyl sites for hydroxylation is 1. The summed E-state index contributed by atoms with van der Waals surface area (Å²) >= 11 is 0. The predicted molar refractivity (Wildman–Crippen MR) is 79.3 cm³/mol. The quantitative estimate of drug-likeness (QED) is 0.784. The largest absolute Gasteiger partial charge is 0.305 e. The number of fused-ring (bicyclic) bond motifs is 1. The highest BCUT2D eigenvalue weighted by molar-refractivity contribution is 6.05. The van der Waals surface area contributed by atoms with Crippen molar-refractivity contribution in [1.82, 2.24) is 9.78 Å². The smallest absolute Gasteiger partial charge is 0.251 e. The van der Waals surface area contributed by atoms with E-state index in [1.165, 1.54) is 5.56 Å². The maximum absolute atomic E-state index is 12.4. The van der Waals surface area contributed by atoms with E-state index in [0.717, 1.165) is 17.7 Å². The van der Waals surface area contributed by atoms with Gasteiger partial charge in [0, 0.05) is 36.6 Å². The van der Waals surface area contributed by atoms with Crippen molar-refractivity contribution in [2.75, 3.05) is 4.90 Å². The number of hydrogen-bond acceptors (Lipinski definition) is 2. The summed E-state index contributed by atoms with van der Waals surface area (Å²) in [4.78, 5) is 14.3. The molecule has 1 aliphatic rings. The number of para-hydroxylation sites is 1. The Balaban J connectivity index is 1.82. The van der Waals surface area contributed by atoms with Crippen LogP contribution in [-0.2, 0) is 18.3 Å². The van der Waals surface area contributed by atoms with Gasteiger partial charge in [0.25, 0.3) is 5.91 Å². The molecule has 1 atom stereocenters. The van der Waals surface area contributed by atoms with Gasteiger partial charge in [0.15, 0.2) is 0 Å². The molecule has 3 rings (SSSR count). The standard InChI is InChI=1S/C16H17N3O/c1-12-9-14-5-3-4-6-15(14)19(12)16(20)8-7-13-10-17-18(2)11-13/h3-8,10-12H,9H2,1-2H3. The first-order valence-corrected chi connectivity index (χ1v) is 6.73. The fraction of sp³-hybridized carbons (Fsp3) is 0.250. The average Bonchev–Trinajstić information content (AvgIpc) is 2.98. The molecule has 20 heavy (non-hydrogen) atoms. The molecule has 0 radical (unpaired) electrons. The molecule has 1 unspecified atom stereocenters. The van der Waals surface area contributed by atoms with Crippen LogP contribution < -0.4 is 4.90 Å². The number of amides is 1. The molecule has 0 saturated heterocycles. The van der Waals surface area contributed by atoms with Crippen molar-refractivity contribution in [2.45, 2.75) is 19.4 Å². The SMILES string of the molecule is CC1Cc2ccccc2N1C(=O)C=Cc1cnn(C)c1. The highest BCUT2D eigenvalue weighted by Gasteiger charge is 2.29. The molecular formula is C16H17N3O. The highest BCUT2D eigenvalue weighted by atomic mass is 16.2. The van der Waals surface area contributed by atoms with Gasteiger partial charge in [-0.1, -0.05) is 18.2 Å². The molecule has 1 aromatic heterocycles. The van der Waals surface area contributed by atoms with Crippen LogP contribution in [0, 0.1) is 0 Å². The number of nitrogens with zero attached hydrogens (tertiary/aromatic N) is 3. The molecule has 4 nitrogen and oxygen atoms in total. The van der Waals surface area contributed by atoms with E-state index in [4.69, 9.17) is 0 Å². The van der Waals surface area contributed by atoms with E-state index in [-0.39, 0.29) is 11.9 Å². The molecule has 0 N–H and O–H groups in total. The molecule has 4 heteroatoms. The minimum atomic E-state index is 0.0197. The van der Waals surface area contributed by atoms with Gasteiger partial charge < -0.3 is 4.90 Å². The van der Waals surface area contributed by atoms with Crippen LogP contribution in [0.5, 0.6) is 0 Å². The van der Waals surface area contributed by atoms with Gasteiger partial charge >= 0.3 is 0 Å². The summed E-state index contributed by atoms with van der Waals surface area (Å²) in [6.07, 6.45) is 7.97. The molecule has 2 heterocycles. The van der Waals surface area contributed by atoms with E-state index in [2.05, 4.69) is 18.1 Å². The van der Waals surface area contributed by atoms with Crippen LogP contribution >= 0.6 is 0 Å². The highest BCUT2D eigenvalue weighted by Crippen LogP contribution is 2.31. The lowest BCUT2D eigenvalue weighted by molar-refractivity contribution is -0.114. The number of benzene rings is 1. The molecule has 1 aromatic carbocycles. The number of hydrogen-bond donors (Lipinski definition) is 0. The van der Waals surface area contributed by atoms with E-state index >= 15 is 0 Å². The zero-order chi connectivity index (χ0) is 14.1. The Labute approximate surface area is 118 Å². The van der Waals surface area contributed by atoms with E-state index in [9.17, 15) is 4.79 Å². The first kappa shape index (κ1) is 12.7. The Hall–Kier alpha value is -2.36. The molecule has 0 aliphatic carbocycles. The molecule has 0 spiro atoms. The lowest BCUT2D eigenvalue weighted by atomic mass is 10.1. The van der Waals surface area contributed by atoms with Crippen LogP contribution in [0.15, 0.2) is 42.7 Å². The maximum Gasteiger partial charge on any atom is 0.251 e. The molecule has 1 amide bonds. The fourth-order valence-corrected chi connectivity index (χ4v) is 2.68. The topological polar surface area (TPSA) is 38.1 Å². The average molecular weight is 267 g/mol. The summed E-state index contributed by atoms with van der Waals surface area (Å²) in [6.45, 7) is 2.08. The Kier molecular flexibility index (Phi) is 3.14. The van der Waals surface area contributed by atoms with Crippen LogP contribution in [0.3, 0.4) is 0 Å². The third-order valence-corrected chi connectivity index (χ3v) is 3.59. The number of anilines is 1. The van der Waals surface area contributed by atoms with Gasteiger partial charge in [0.2, 0.25) is 0 Å². The van der Waals surface area contributed by atoms with Crippen molar-refractivity contribution < 1.29 is 4.79 Å². The minimum Gasteiger partial charge on any atom is -0.305 e. The van der Waals surface area contributed by atoms with Crippen LogP contribution in [0.1, 0.15) is 18.1 Å². The lowest BCUT2D eigenvalue weighted by Crippen LogP contribution is -2.34. The van der Waals surface area contributed by atoms with Crippen LogP contribution in [0.4, 0.5) is 5.69 Å². The Bertz CT molecular complexity index is 672. The fourth-order valence-electron chi connectivity index (χ4n) is 2.68. The van der Waals surface area contributed by atoms with Gasteiger partial charge in [-0.25, -0.2) is 0 Å². The second kappa shape index (κ2) is 4.96. The van der Waals surface area contributed by atoms with Gasteiger partial charge in [-0.05, 0) is 31.1 Å². The third kappa shape index (κ3) is 2.25. The third-order valence-electron chi connectivity index (χ3n) is 3.59. The summed E-state index contributed by atoms with van der Waals surface area (Å²) in [7, 11) is 1.86. The summed E-state index contributed by atoms with van der Waals surface area (Å²) < 4.78 is 1.72. The molecular weight excluding hydrogens is 250 g/mol. The number of rotatable bonds is 2. The van der Waals surface area contributed by atoms with E-state index in [0.29, 0.717) is 0 Å². The van der Waals surface area contributed by atoms with Crippen molar-refractivity contribution in [1.29, 1.82) is 0 Å². The molecule has 0 saturated carbocycles. The first-order valence-electron chi connectivity index (χ1n) is 6.73. The summed E-state index contributed by atoms with van der Waals surface area (Å²) in [5.41, 5.74) is 3.20. The Morgan fingerprint density at radius 1 is 1.40 bits per heavy atom.